The van der Waals surface area contributed by atoms with Crippen LogP contribution in [0.15, 0.2) is 23.2 Å². The van der Waals surface area contributed by atoms with Gasteiger partial charge in [0.15, 0.2) is 15.0 Å². The number of hydrogen-bond donors (Lipinski definition) is 0. The molecule has 3 rings (SSSR count). The van der Waals surface area contributed by atoms with Crippen LogP contribution in [0.4, 0.5) is 18.9 Å². The SMILES string of the molecule is CCCC(=O)N=C1S[C@H]2CS(=O)(=O)C[C@H]2N1c1cc(C(F)(F)F)ccc1Cl. The van der Waals surface area contributed by atoms with E-state index in [0.717, 1.165) is 30.0 Å². The monoisotopic (exact) mass is 440 g/mol. The normalized spacial score (nSPS) is 25.8. The Bertz CT molecular complexity index is 903. The van der Waals surface area contributed by atoms with Gasteiger partial charge in [0.05, 0.1) is 33.8 Å². The van der Waals surface area contributed by atoms with Crippen molar-refractivity contribution in [2.24, 2.45) is 4.99 Å². The van der Waals surface area contributed by atoms with E-state index in [1.165, 1.54) is 4.90 Å². The third-order valence-corrected chi connectivity index (χ3v) is 7.81. The lowest BCUT2D eigenvalue weighted by Gasteiger charge is -2.26. The Hall–Kier alpha value is -1.26. The molecule has 1 aromatic rings. The minimum atomic E-state index is -4.58. The van der Waals surface area contributed by atoms with Crippen molar-refractivity contribution in [1.29, 1.82) is 0 Å². The molecule has 2 heterocycles. The fourth-order valence-corrected chi connectivity index (χ4v) is 7.23. The van der Waals surface area contributed by atoms with Gasteiger partial charge in [-0.2, -0.15) is 18.2 Å². The first-order valence-corrected chi connectivity index (χ1v) is 11.2. The van der Waals surface area contributed by atoms with Crippen LogP contribution in [0.3, 0.4) is 0 Å². The third-order valence-electron chi connectivity index (χ3n) is 4.28. The van der Waals surface area contributed by atoms with Crippen LogP contribution in [-0.2, 0) is 20.8 Å². The maximum atomic E-state index is 13.1. The fourth-order valence-electron chi connectivity index (χ4n) is 3.10. The minimum absolute atomic E-state index is 0.00615. The smallest absolute Gasteiger partial charge is 0.314 e. The maximum absolute atomic E-state index is 13.1. The van der Waals surface area contributed by atoms with Gasteiger partial charge >= 0.3 is 6.18 Å². The quantitative estimate of drug-likeness (QED) is 0.716. The number of alkyl halides is 3. The predicted molar refractivity (Wildman–Crippen MR) is 100 cm³/mol. The van der Waals surface area contributed by atoms with Gasteiger partial charge in [0.25, 0.3) is 0 Å². The number of carbonyl (C=O) groups excluding carboxylic acids is 1. The summed E-state index contributed by atoms with van der Waals surface area (Å²) >= 11 is 7.24. The summed E-state index contributed by atoms with van der Waals surface area (Å²) in [6.07, 6.45) is -3.81. The molecule has 1 amide bonds. The average molecular weight is 441 g/mol. The first kappa shape index (κ1) is 20.5. The standard InChI is InChI=1S/C16H16ClF3N2O3S2/c1-2-3-14(23)21-15-22(12-7-27(24,25)8-13(12)26-15)11-6-9(16(18,19)20)4-5-10(11)17/h4-6,12-13H,2-3,7-8H2,1H3/t12-,13+/m1/s1. The molecule has 0 aromatic heterocycles. The molecule has 11 heteroatoms. The highest BCUT2D eigenvalue weighted by Crippen LogP contribution is 2.44. The molecule has 0 spiro atoms. The summed E-state index contributed by atoms with van der Waals surface area (Å²) in [7, 11) is -3.33. The summed E-state index contributed by atoms with van der Waals surface area (Å²) in [5.74, 6) is -0.745. The third kappa shape index (κ3) is 4.27. The van der Waals surface area contributed by atoms with Crippen LogP contribution < -0.4 is 4.90 Å². The highest BCUT2D eigenvalue weighted by molar-refractivity contribution is 8.16. The van der Waals surface area contributed by atoms with E-state index in [1.54, 1.807) is 0 Å². The van der Waals surface area contributed by atoms with Crippen LogP contribution in [0.25, 0.3) is 0 Å². The van der Waals surface area contributed by atoms with E-state index >= 15 is 0 Å². The van der Waals surface area contributed by atoms with Gasteiger partial charge in [0, 0.05) is 11.7 Å². The molecule has 1 aromatic carbocycles. The van der Waals surface area contributed by atoms with Gasteiger partial charge in [-0.3, -0.25) is 4.79 Å². The van der Waals surface area contributed by atoms with Crippen molar-refractivity contribution in [3.8, 4) is 0 Å². The zero-order valence-corrected chi connectivity index (χ0v) is 16.6. The molecule has 2 atom stereocenters. The van der Waals surface area contributed by atoms with Crippen LogP contribution in [0, 0.1) is 0 Å². The number of amidine groups is 1. The topological polar surface area (TPSA) is 66.8 Å². The lowest BCUT2D eigenvalue weighted by atomic mass is 10.1. The number of nitrogens with zero attached hydrogens (tertiary/aromatic N) is 2. The summed E-state index contributed by atoms with van der Waals surface area (Å²) in [4.78, 5) is 17.4. The molecule has 5 nitrogen and oxygen atoms in total. The number of amides is 1. The first-order valence-electron chi connectivity index (χ1n) is 8.16. The summed E-state index contributed by atoms with van der Waals surface area (Å²) in [6, 6.07) is 2.23. The number of halogens is 4. The van der Waals surface area contributed by atoms with Crippen LogP contribution in [-0.4, -0.2) is 42.3 Å². The van der Waals surface area contributed by atoms with Crippen molar-refractivity contribution in [3.63, 3.8) is 0 Å². The van der Waals surface area contributed by atoms with Gasteiger partial charge in [0.2, 0.25) is 5.91 Å². The lowest BCUT2D eigenvalue weighted by Crippen LogP contribution is -2.38. The Labute approximate surface area is 163 Å². The Morgan fingerprint density at radius 1 is 1.37 bits per heavy atom. The fraction of sp³-hybridized carbons (Fsp3) is 0.500. The van der Waals surface area contributed by atoms with Crippen molar-refractivity contribution in [2.75, 3.05) is 16.4 Å². The molecule has 0 bridgehead atoms. The number of rotatable bonds is 3. The summed E-state index contributed by atoms with van der Waals surface area (Å²) in [6.45, 7) is 1.81. The van der Waals surface area contributed by atoms with E-state index in [2.05, 4.69) is 4.99 Å². The molecule has 0 N–H and O–H groups in total. The second-order valence-corrected chi connectivity index (χ2v) is 10.1. The summed E-state index contributed by atoms with van der Waals surface area (Å²) in [5.41, 5.74) is -0.901. The van der Waals surface area contributed by atoms with Gasteiger partial charge in [-0.25, -0.2) is 8.42 Å². The van der Waals surface area contributed by atoms with Crippen molar-refractivity contribution >= 4 is 50.0 Å². The summed E-state index contributed by atoms with van der Waals surface area (Å²) in [5, 5.41) is -0.183. The lowest BCUT2D eigenvalue weighted by molar-refractivity contribution is -0.137. The second kappa shape index (κ2) is 7.29. The zero-order chi connectivity index (χ0) is 20.0. The van der Waals surface area contributed by atoms with Crippen LogP contribution in [0.5, 0.6) is 0 Å². The predicted octanol–water partition coefficient (Wildman–Crippen LogP) is 3.76. The highest BCUT2D eigenvalue weighted by atomic mass is 35.5. The number of thioether (sulfide) groups is 1. The van der Waals surface area contributed by atoms with E-state index in [-0.39, 0.29) is 33.8 Å². The van der Waals surface area contributed by atoms with Crippen molar-refractivity contribution in [1.82, 2.24) is 0 Å². The van der Waals surface area contributed by atoms with Gasteiger partial charge in [-0.15, -0.1) is 0 Å². The van der Waals surface area contributed by atoms with Gasteiger partial charge in [-0.05, 0) is 24.6 Å². The van der Waals surface area contributed by atoms with E-state index < -0.39 is 38.8 Å². The highest BCUT2D eigenvalue weighted by Gasteiger charge is 2.50. The number of benzene rings is 1. The molecule has 27 heavy (non-hydrogen) atoms. The van der Waals surface area contributed by atoms with E-state index in [4.69, 9.17) is 11.6 Å². The zero-order valence-electron chi connectivity index (χ0n) is 14.2. The van der Waals surface area contributed by atoms with Crippen molar-refractivity contribution in [2.45, 2.75) is 37.2 Å². The number of carbonyl (C=O) groups is 1. The van der Waals surface area contributed by atoms with Gasteiger partial charge in [-0.1, -0.05) is 30.3 Å². The Morgan fingerprint density at radius 3 is 2.70 bits per heavy atom. The van der Waals surface area contributed by atoms with Crippen LogP contribution >= 0.6 is 23.4 Å². The molecule has 2 aliphatic heterocycles. The average Bonchev–Trinajstić information content (AvgIpc) is 2.98. The van der Waals surface area contributed by atoms with E-state index in [0.29, 0.717) is 6.42 Å². The molecule has 0 saturated carbocycles. The first-order chi connectivity index (χ1) is 12.5. The molecule has 0 aliphatic carbocycles. The van der Waals surface area contributed by atoms with Crippen molar-refractivity contribution < 1.29 is 26.4 Å². The van der Waals surface area contributed by atoms with E-state index in [1.807, 2.05) is 6.92 Å². The molecule has 0 radical (unpaired) electrons. The number of hydrogen-bond acceptors (Lipinski definition) is 4. The number of aliphatic imine (C=N–C) groups is 1. The number of anilines is 1. The van der Waals surface area contributed by atoms with Crippen LogP contribution in [0.2, 0.25) is 5.02 Å². The molecular weight excluding hydrogens is 425 g/mol. The van der Waals surface area contributed by atoms with Crippen molar-refractivity contribution in [3.05, 3.63) is 28.8 Å². The van der Waals surface area contributed by atoms with Crippen LogP contribution in [0.1, 0.15) is 25.3 Å². The maximum Gasteiger partial charge on any atom is 0.416 e. The molecule has 2 aliphatic rings. The molecule has 0 unspecified atom stereocenters. The number of sulfone groups is 1. The Kier molecular flexibility index (Phi) is 5.53. The molecule has 2 fully saturated rings. The molecular formula is C16H16ClF3N2O3S2. The summed E-state index contributed by atoms with van der Waals surface area (Å²) < 4.78 is 63.4. The largest absolute Gasteiger partial charge is 0.416 e. The minimum Gasteiger partial charge on any atom is -0.314 e. The molecule has 2 saturated heterocycles. The van der Waals surface area contributed by atoms with E-state index in [9.17, 15) is 26.4 Å². The molecule has 148 valence electrons. The second-order valence-electron chi connectivity index (χ2n) is 6.37. The Balaban J connectivity index is 2.09. The van der Waals surface area contributed by atoms with Gasteiger partial charge in [0.1, 0.15) is 0 Å². The number of fused-ring (bicyclic) bond motifs is 1. The van der Waals surface area contributed by atoms with Gasteiger partial charge < -0.3 is 4.90 Å². The Morgan fingerprint density at radius 2 is 2.07 bits per heavy atom.